The second kappa shape index (κ2) is 5.34. The number of hydrogen-bond acceptors (Lipinski definition) is 5. The van der Waals surface area contributed by atoms with E-state index in [9.17, 15) is 5.11 Å². The van der Waals surface area contributed by atoms with Crippen LogP contribution in [-0.4, -0.2) is 24.1 Å². The maximum Gasteiger partial charge on any atom is 0.231 e. The monoisotopic (exact) mass is 352 g/mol. The van der Waals surface area contributed by atoms with Gasteiger partial charge in [0.05, 0.1) is 12.2 Å². The van der Waals surface area contributed by atoms with Gasteiger partial charge in [0.2, 0.25) is 6.79 Å². The van der Waals surface area contributed by atoms with Gasteiger partial charge in [0, 0.05) is 17.5 Å². The van der Waals surface area contributed by atoms with Gasteiger partial charge in [-0.15, -0.1) is 0 Å². The molecule has 1 atom stereocenters. The Labute approximate surface area is 151 Å². The lowest BCUT2D eigenvalue weighted by molar-refractivity contribution is 0.157. The average molecular weight is 352 g/mol. The van der Waals surface area contributed by atoms with E-state index in [2.05, 4.69) is 18.2 Å². The molecule has 0 spiro atoms. The maximum absolute atomic E-state index is 10.4. The first kappa shape index (κ1) is 15.4. The van der Waals surface area contributed by atoms with Crippen molar-refractivity contribution in [3.05, 3.63) is 47.0 Å². The Bertz CT molecular complexity index is 928. The molecule has 3 heterocycles. The van der Waals surface area contributed by atoms with Crippen molar-refractivity contribution in [3.63, 3.8) is 0 Å². The summed E-state index contributed by atoms with van der Waals surface area (Å²) in [7, 11) is 0. The molecule has 0 radical (unpaired) electrons. The zero-order chi connectivity index (χ0) is 17.9. The van der Waals surface area contributed by atoms with E-state index in [4.69, 9.17) is 18.9 Å². The van der Waals surface area contributed by atoms with Crippen molar-refractivity contribution in [2.75, 3.05) is 13.4 Å². The fourth-order valence-electron chi connectivity index (χ4n) is 3.79. The highest BCUT2D eigenvalue weighted by Gasteiger charge is 2.31. The summed E-state index contributed by atoms with van der Waals surface area (Å²) in [6.07, 6.45) is 4.91. The number of phenolic OH excluding ortho intramolecular Hbond substituents is 1. The fraction of sp³-hybridized carbons (Fsp3) is 0.333. The number of ether oxygens (including phenoxy) is 4. The predicted molar refractivity (Wildman–Crippen MR) is 96.4 cm³/mol. The van der Waals surface area contributed by atoms with E-state index in [1.807, 2.05) is 26.0 Å². The smallest absolute Gasteiger partial charge is 0.231 e. The Morgan fingerprint density at radius 2 is 1.85 bits per heavy atom. The summed E-state index contributed by atoms with van der Waals surface area (Å²) in [6.45, 7) is 4.75. The minimum absolute atomic E-state index is 0.0555. The lowest BCUT2D eigenvalue weighted by Crippen LogP contribution is -2.28. The van der Waals surface area contributed by atoms with Crippen LogP contribution in [0, 0.1) is 0 Å². The molecule has 2 aromatic carbocycles. The molecule has 1 unspecified atom stereocenters. The Kier molecular flexibility index (Phi) is 3.17. The van der Waals surface area contributed by atoms with Gasteiger partial charge in [0.1, 0.15) is 22.8 Å². The zero-order valence-corrected chi connectivity index (χ0v) is 14.7. The van der Waals surface area contributed by atoms with Gasteiger partial charge in [-0.3, -0.25) is 0 Å². The third-order valence-corrected chi connectivity index (χ3v) is 5.12. The number of benzene rings is 2. The fourth-order valence-corrected chi connectivity index (χ4v) is 3.79. The zero-order valence-electron chi connectivity index (χ0n) is 14.7. The first-order valence-corrected chi connectivity index (χ1v) is 8.80. The Balaban J connectivity index is 1.49. The molecule has 0 saturated carbocycles. The molecule has 3 aliphatic rings. The van der Waals surface area contributed by atoms with Crippen LogP contribution < -0.4 is 18.9 Å². The number of fused-ring (bicyclic) bond motifs is 4. The summed E-state index contributed by atoms with van der Waals surface area (Å²) in [5.41, 5.74) is 2.63. The molecule has 0 fully saturated rings. The molecule has 134 valence electrons. The lowest BCUT2D eigenvalue weighted by Gasteiger charge is -2.32. The molecule has 5 nitrogen and oxygen atoms in total. The maximum atomic E-state index is 10.4. The second-order valence-electron chi connectivity index (χ2n) is 7.48. The molecule has 0 saturated heterocycles. The molecule has 0 aliphatic carbocycles. The molecule has 0 bridgehead atoms. The largest absolute Gasteiger partial charge is 0.508 e. The molecule has 5 heteroatoms. The van der Waals surface area contributed by atoms with E-state index in [1.165, 1.54) is 0 Å². The number of rotatable bonds is 1. The van der Waals surface area contributed by atoms with Crippen LogP contribution in [0.3, 0.4) is 0 Å². The van der Waals surface area contributed by atoms with Crippen LogP contribution >= 0.6 is 0 Å². The highest BCUT2D eigenvalue weighted by molar-refractivity contribution is 5.69. The van der Waals surface area contributed by atoms with Crippen molar-refractivity contribution in [2.45, 2.75) is 31.8 Å². The average Bonchev–Trinajstić information content (AvgIpc) is 3.06. The summed E-state index contributed by atoms with van der Waals surface area (Å²) in [5, 5.41) is 10.4. The van der Waals surface area contributed by atoms with Gasteiger partial charge in [-0.2, -0.15) is 0 Å². The quantitative estimate of drug-likeness (QED) is 0.840. The number of phenols is 1. The standard InChI is InChI=1S/C21H20O5/c1-21(2)6-5-14-17(26-21)4-3-12-7-13(10-23-20(12)14)15-8-18-19(9-16(15)22)25-11-24-18/h3-6,8-9,13,22H,7,10-11H2,1-2H3. The topological polar surface area (TPSA) is 57.2 Å². The van der Waals surface area contributed by atoms with Crippen molar-refractivity contribution in [2.24, 2.45) is 0 Å². The predicted octanol–water partition coefficient (Wildman–Crippen LogP) is 4.02. The molecular weight excluding hydrogens is 332 g/mol. The molecule has 2 aromatic rings. The van der Waals surface area contributed by atoms with Gasteiger partial charge < -0.3 is 24.1 Å². The van der Waals surface area contributed by atoms with Crippen LogP contribution in [0.4, 0.5) is 0 Å². The van der Waals surface area contributed by atoms with Crippen molar-refractivity contribution < 1.29 is 24.1 Å². The van der Waals surface area contributed by atoms with E-state index in [0.29, 0.717) is 18.1 Å². The molecule has 3 aliphatic heterocycles. The van der Waals surface area contributed by atoms with Gasteiger partial charge in [-0.05, 0) is 50.1 Å². The minimum atomic E-state index is -0.309. The van der Waals surface area contributed by atoms with Crippen molar-refractivity contribution in [3.8, 4) is 28.7 Å². The normalized spacial score (nSPS) is 21.4. The van der Waals surface area contributed by atoms with Crippen LogP contribution in [0.2, 0.25) is 0 Å². The van der Waals surface area contributed by atoms with Crippen molar-refractivity contribution >= 4 is 6.08 Å². The summed E-state index contributed by atoms with van der Waals surface area (Å²) in [5.74, 6) is 3.26. The SMILES string of the molecule is CC1(C)C=Cc2c(ccc3c2OCC(c2cc4c(cc2O)OCO4)C3)O1. The van der Waals surface area contributed by atoms with Gasteiger partial charge >= 0.3 is 0 Å². The van der Waals surface area contributed by atoms with E-state index in [-0.39, 0.29) is 24.1 Å². The van der Waals surface area contributed by atoms with E-state index in [0.717, 1.165) is 34.6 Å². The van der Waals surface area contributed by atoms with Crippen LogP contribution in [0.25, 0.3) is 6.08 Å². The van der Waals surface area contributed by atoms with Crippen molar-refractivity contribution in [1.82, 2.24) is 0 Å². The summed E-state index contributed by atoms with van der Waals surface area (Å²) in [6, 6.07) is 7.55. The lowest BCUT2D eigenvalue weighted by atomic mass is 9.87. The van der Waals surface area contributed by atoms with Gasteiger partial charge in [0.15, 0.2) is 11.5 Å². The summed E-state index contributed by atoms with van der Waals surface area (Å²) in [4.78, 5) is 0. The van der Waals surface area contributed by atoms with Crippen molar-refractivity contribution in [1.29, 1.82) is 0 Å². The minimum Gasteiger partial charge on any atom is -0.508 e. The van der Waals surface area contributed by atoms with Gasteiger partial charge in [-0.25, -0.2) is 0 Å². The molecule has 0 amide bonds. The highest BCUT2D eigenvalue weighted by Crippen LogP contribution is 2.46. The third kappa shape index (κ3) is 2.38. The third-order valence-electron chi connectivity index (χ3n) is 5.12. The number of aromatic hydroxyl groups is 1. The molecular formula is C21H20O5. The van der Waals surface area contributed by atoms with Crippen LogP contribution in [0.5, 0.6) is 28.7 Å². The summed E-state index contributed by atoms with van der Waals surface area (Å²) < 4.78 is 22.9. The Morgan fingerprint density at radius 3 is 2.69 bits per heavy atom. The van der Waals surface area contributed by atoms with Crippen LogP contribution in [-0.2, 0) is 6.42 Å². The highest BCUT2D eigenvalue weighted by atomic mass is 16.7. The Morgan fingerprint density at radius 1 is 1.04 bits per heavy atom. The van der Waals surface area contributed by atoms with Crippen LogP contribution in [0.1, 0.15) is 36.5 Å². The molecule has 0 aromatic heterocycles. The van der Waals surface area contributed by atoms with E-state index >= 15 is 0 Å². The van der Waals surface area contributed by atoms with E-state index in [1.54, 1.807) is 6.07 Å². The Hall–Kier alpha value is -2.82. The second-order valence-corrected chi connectivity index (χ2v) is 7.48. The first-order chi connectivity index (χ1) is 12.5. The molecule has 26 heavy (non-hydrogen) atoms. The molecule has 5 rings (SSSR count). The molecule has 1 N–H and O–H groups in total. The first-order valence-electron chi connectivity index (χ1n) is 8.80. The van der Waals surface area contributed by atoms with Gasteiger partial charge in [-0.1, -0.05) is 6.07 Å². The van der Waals surface area contributed by atoms with Gasteiger partial charge in [0.25, 0.3) is 0 Å². The van der Waals surface area contributed by atoms with Crippen LogP contribution in [0.15, 0.2) is 30.3 Å². The summed E-state index contributed by atoms with van der Waals surface area (Å²) >= 11 is 0. The number of hydrogen-bond donors (Lipinski definition) is 1. The van der Waals surface area contributed by atoms with E-state index < -0.39 is 0 Å².